The van der Waals surface area contributed by atoms with Gasteiger partial charge < -0.3 is 4.90 Å². The van der Waals surface area contributed by atoms with Crippen LogP contribution in [0.4, 0.5) is 5.69 Å². The summed E-state index contributed by atoms with van der Waals surface area (Å²) >= 11 is 1.43. The van der Waals surface area contributed by atoms with E-state index in [9.17, 15) is 13.2 Å². The van der Waals surface area contributed by atoms with Crippen LogP contribution in [0.3, 0.4) is 0 Å². The van der Waals surface area contributed by atoms with Gasteiger partial charge in [0.2, 0.25) is 10.0 Å². The lowest BCUT2D eigenvalue weighted by Crippen LogP contribution is -2.28. The smallest absolute Gasteiger partial charge is 0.268 e. The second-order valence-electron chi connectivity index (χ2n) is 5.52. The van der Waals surface area contributed by atoms with Gasteiger partial charge in [-0.25, -0.2) is 13.1 Å². The van der Waals surface area contributed by atoms with E-state index in [1.807, 2.05) is 35.2 Å². The standard InChI is InChI=1S/C16H18N2O3S2/c1-23(20,21)17-10-8-13-6-7-15(22-13)16(19)18-11-9-12-4-2-3-5-14(12)18/h2-7,17H,8-11H2,1H3. The zero-order valence-corrected chi connectivity index (χ0v) is 14.4. The summed E-state index contributed by atoms with van der Waals surface area (Å²) in [6.45, 7) is 1.06. The van der Waals surface area contributed by atoms with Crippen molar-refractivity contribution >= 4 is 33.0 Å². The van der Waals surface area contributed by atoms with Gasteiger partial charge in [0.05, 0.1) is 11.1 Å². The van der Waals surface area contributed by atoms with Gasteiger partial charge >= 0.3 is 0 Å². The number of nitrogens with zero attached hydrogens (tertiary/aromatic N) is 1. The number of rotatable bonds is 5. The summed E-state index contributed by atoms with van der Waals surface area (Å²) in [6.07, 6.45) is 2.61. The molecule has 2 aromatic rings. The largest absolute Gasteiger partial charge is 0.307 e. The lowest BCUT2D eigenvalue weighted by atomic mass is 10.2. The third-order valence-electron chi connectivity index (χ3n) is 3.74. The van der Waals surface area contributed by atoms with Crippen LogP contribution < -0.4 is 9.62 Å². The molecule has 3 rings (SSSR count). The summed E-state index contributed by atoms with van der Waals surface area (Å²) < 4.78 is 24.6. The number of thiophene rings is 1. The maximum absolute atomic E-state index is 12.7. The van der Waals surface area contributed by atoms with E-state index in [0.29, 0.717) is 24.4 Å². The van der Waals surface area contributed by atoms with Crippen LogP contribution in [-0.4, -0.2) is 33.7 Å². The van der Waals surface area contributed by atoms with Crippen LogP contribution in [0.25, 0.3) is 0 Å². The highest BCUT2D eigenvalue weighted by atomic mass is 32.2. The Morgan fingerprint density at radius 3 is 2.83 bits per heavy atom. The Hall–Kier alpha value is -1.70. The molecule has 122 valence electrons. The highest BCUT2D eigenvalue weighted by Crippen LogP contribution is 2.30. The SMILES string of the molecule is CS(=O)(=O)NCCc1ccc(C(=O)N2CCc3ccccc32)s1. The van der Waals surface area contributed by atoms with Crippen LogP contribution in [0.5, 0.6) is 0 Å². The van der Waals surface area contributed by atoms with E-state index < -0.39 is 10.0 Å². The normalized spacial score (nSPS) is 14.0. The molecule has 2 heterocycles. The first kappa shape index (κ1) is 16.2. The van der Waals surface area contributed by atoms with Crippen molar-refractivity contribution in [2.45, 2.75) is 12.8 Å². The second kappa shape index (κ2) is 6.43. The number of benzene rings is 1. The summed E-state index contributed by atoms with van der Waals surface area (Å²) in [5.41, 5.74) is 2.20. The molecule has 5 nitrogen and oxygen atoms in total. The molecule has 0 unspecified atom stereocenters. The van der Waals surface area contributed by atoms with Crippen LogP contribution >= 0.6 is 11.3 Å². The Morgan fingerprint density at radius 1 is 1.26 bits per heavy atom. The second-order valence-corrected chi connectivity index (χ2v) is 8.52. The molecule has 1 aliphatic rings. The van der Waals surface area contributed by atoms with E-state index in [1.165, 1.54) is 16.9 Å². The molecular weight excluding hydrogens is 332 g/mol. The molecule has 0 atom stereocenters. The van der Waals surface area contributed by atoms with Gasteiger partial charge in [-0.3, -0.25) is 4.79 Å². The Bertz CT molecular complexity index is 827. The first-order chi connectivity index (χ1) is 10.9. The first-order valence-corrected chi connectivity index (χ1v) is 10.1. The van der Waals surface area contributed by atoms with Crippen LogP contribution in [0.1, 0.15) is 20.1 Å². The summed E-state index contributed by atoms with van der Waals surface area (Å²) in [6, 6.07) is 11.7. The van der Waals surface area contributed by atoms with Gasteiger partial charge in [-0.15, -0.1) is 11.3 Å². The Balaban J connectivity index is 1.68. The van der Waals surface area contributed by atoms with Crippen molar-refractivity contribution in [3.63, 3.8) is 0 Å². The van der Waals surface area contributed by atoms with Gasteiger partial charge in [-0.2, -0.15) is 0 Å². The maximum Gasteiger partial charge on any atom is 0.268 e. The number of para-hydroxylation sites is 1. The highest BCUT2D eigenvalue weighted by Gasteiger charge is 2.25. The topological polar surface area (TPSA) is 66.5 Å². The molecule has 0 fully saturated rings. The average Bonchev–Trinajstić information content (AvgIpc) is 3.12. The van der Waals surface area contributed by atoms with Crippen LogP contribution in [0.2, 0.25) is 0 Å². The number of hydrogen-bond acceptors (Lipinski definition) is 4. The number of hydrogen-bond donors (Lipinski definition) is 1. The minimum atomic E-state index is -3.17. The number of carbonyl (C=O) groups excluding carboxylic acids is 1. The number of sulfonamides is 1. The van der Waals surface area contributed by atoms with Crippen molar-refractivity contribution in [2.75, 3.05) is 24.2 Å². The highest BCUT2D eigenvalue weighted by molar-refractivity contribution is 7.88. The van der Waals surface area contributed by atoms with Gasteiger partial charge in [0.15, 0.2) is 0 Å². The number of carbonyl (C=O) groups is 1. The molecule has 0 saturated carbocycles. The van der Waals surface area contributed by atoms with Crippen LogP contribution in [-0.2, 0) is 22.9 Å². The summed E-state index contributed by atoms with van der Waals surface area (Å²) in [4.78, 5) is 16.2. The third-order valence-corrected chi connectivity index (χ3v) is 5.60. The van der Waals surface area contributed by atoms with Crippen LogP contribution in [0, 0.1) is 0 Å². The van der Waals surface area contributed by atoms with E-state index in [2.05, 4.69) is 10.8 Å². The molecule has 1 aromatic carbocycles. The zero-order chi connectivity index (χ0) is 16.4. The molecule has 0 radical (unpaired) electrons. The monoisotopic (exact) mass is 350 g/mol. The van der Waals surface area contributed by atoms with Crippen molar-refractivity contribution < 1.29 is 13.2 Å². The number of amides is 1. The van der Waals surface area contributed by atoms with Gasteiger partial charge in [0.1, 0.15) is 0 Å². The molecule has 0 aliphatic carbocycles. The third kappa shape index (κ3) is 3.80. The quantitative estimate of drug-likeness (QED) is 0.897. The average molecular weight is 350 g/mol. The number of anilines is 1. The molecule has 7 heteroatoms. The minimum Gasteiger partial charge on any atom is -0.307 e. The van der Waals surface area contributed by atoms with Gasteiger partial charge in [0, 0.05) is 23.7 Å². The van der Waals surface area contributed by atoms with E-state index in [0.717, 1.165) is 23.2 Å². The molecule has 23 heavy (non-hydrogen) atoms. The fourth-order valence-corrected chi connectivity index (χ4v) is 4.10. The molecular formula is C16H18N2O3S2. The lowest BCUT2D eigenvalue weighted by Gasteiger charge is -2.16. The Morgan fingerprint density at radius 2 is 2.04 bits per heavy atom. The van der Waals surface area contributed by atoms with Gasteiger partial charge in [-0.05, 0) is 36.6 Å². The van der Waals surface area contributed by atoms with Crippen molar-refractivity contribution in [3.8, 4) is 0 Å². The number of nitrogens with one attached hydrogen (secondary N) is 1. The molecule has 0 bridgehead atoms. The molecule has 1 aliphatic heterocycles. The molecule has 1 amide bonds. The van der Waals surface area contributed by atoms with E-state index in [1.54, 1.807) is 0 Å². The van der Waals surface area contributed by atoms with E-state index >= 15 is 0 Å². The van der Waals surface area contributed by atoms with E-state index in [-0.39, 0.29) is 5.91 Å². The number of fused-ring (bicyclic) bond motifs is 1. The fourth-order valence-electron chi connectivity index (χ4n) is 2.67. The van der Waals surface area contributed by atoms with Gasteiger partial charge in [0.25, 0.3) is 5.91 Å². The molecule has 0 saturated heterocycles. The minimum absolute atomic E-state index is 0.0160. The summed E-state index contributed by atoms with van der Waals surface area (Å²) in [7, 11) is -3.17. The Labute approximate surface area is 140 Å². The first-order valence-electron chi connectivity index (χ1n) is 7.37. The van der Waals surface area contributed by atoms with E-state index in [4.69, 9.17) is 0 Å². The fraction of sp³-hybridized carbons (Fsp3) is 0.312. The molecule has 0 spiro atoms. The summed E-state index contributed by atoms with van der Waals surface area (Å²) in [5, 5.41) is 0. The molecule has 1 N–H and O–H groups in total. The molecule has 1 aromatic heterocycles. The summed E-state index contributed by atoms with van der Waals surface area (Å²) in [5.74, 6) is 0.0160. The van der Waals surface area contributed by atoms with Crippen molar-refractivity contribution in [1.82, 2.24) is 4.72 Å². The van der Waals surface area contributed by atoms with Crippen molar-refractivity contribution in [2.24, 2.45) is 0 Å². The van der Waals surface area contributed by atoms with Crippen molar-refractivity contribution in [3.05, 3.63) is 51.7 Å². The maximum atomic E-state index is 12.7. The van der Waals surface area contributed by atoms with Crippen LogP contribution in [0.15, 0.2) is 36.4 Å². The lowest BCUT2D eigenvalue weighted by molar-refractivity contribution is 0.0993. The predicted octanol–water partition coefficient (Wildman–Crippen LogP) is 2.04. The van der Waals surface area contributed by atoms with Crippen molar-refractivity contribution in [1.29, 1.82) is 0 Å². The Kier molecular flexibility index (Phi) is 4.52. The van der Waals surface area contributed by atoms with Gasteiger partial charge in [-0.1, -0.05) is 18.2 Å². The predicted molar refractivity (Wildman–Crippen MR) is 92.7 cm³/mol. The zero-order valence-electron chi connectivity index (χ0n) is 12.8.